The Balaban J connectivity index is 2.65. The van der Waals surface area contributed by atoms with Crippen LogP contribution >= 0.6 is 0 Å². The third-order valence-electron chi connectivity index (χ3n) is 2.70. The zero-order chi connectivity index (χ0) is 12.9. The van der Waals surface area contributed by atoms with Gasteiger partial charge in [-0.2, -0.15) is 0 Å². The van der Waals surface area contributed by atoms with E-state index in [0.29, 0.717) is 13.0 Å². The molecule has 5 nitrogen and oxygen atoms in total. The van der Waals surface area contributed by atoms with Gasteiger partial charge in [0, 0.05) is 31.9 Å². The Labute approximate surface area is 102 Å². The fourth-order valence-corrected chi connectivity index (χ4v) is 1.54. The van der Waals surface area contributed by atoms with Gasteiger partial charge in [-0.1, -0.05) is 20.8 Å². The van der Waals surface area contributed by atoms with E-state index >= 15 is 0 Å². The highest BCUT2D eigenvalue weighted by molar-refractivity contribution is 5.76. The molecule has 5 heteroatoms. The van der Waals surface area contributed by atoms with Crippen LogP contribution < -0.4 is 11.1 Å². The second-order valence-corrected chi connectivity index (χ2v) is 5.28. The topological polar surface area (TPSA) is 72.9 Å². The number of imidazole rings is 1. The van der Waals surface area contributed by atoms with Crippen molar-refractivity contribution in [1.29, 1.82) is 0 Å². The quantitative estimate of drug-likeness (QED) is 0.795. The molecule has 1 aromatic heterocycles. The number of hydrogen-bond acceptors (Lipinski definition) is 3. The molecule has 0 aromatic carbocycles. The van der Waals surface area contributed by atoms with E-state index in [1.165, 1.54) is 0 Å². The molecule has 0 radical (unpaired) electrons. The van der Waals surface area contributed by atoms with Crippen LogP contribution in [0.1, 0.15) is 27.2 Å². The number of hydrogen-bond donors (Lipinski definition) is 2. The maximum Gasteiger partial charge on any atom is 0.221 e. The predicted octanol–water partition coefficient (Wildman–Crippen LogP) is 0.763. The molecule has 0 saturated heterocycles. The van der Waals surface area contributed by atoms with Crippen molar-refractivity contribution in [3.63, 3.8) is 0 Å². The first kappa shape index (κ1) is 13.7. The Kier molecular flexibility index (Phi) is 4.69. The van der Waals surface area contributed by atoms with Crippen LogP contribution in [0, 0.1) is 5.41 Å². The van der Waals surface area contributed by atoms with Crippen molar-refractivity contribution in [1.82, 2.24) is 14.9 Å². The SMILES string of the molecule is CC(C)(C)C(Cn1ccnc1)NC(=O)CCN. The van der Waals surface area contributed by atoms with E-state index in [1.807, 2.05) is 10.8 Å². The minimum atomic E-state index is -0.00543. The first-order valence-corrected chi connectivity index (χ1v) is 5.88. The molecule has 0 spiro atoms. The molecule has 1 amide bonds. The smallest absolute Gasteiger partial charge is 0.221 e. The van der Waals surface area contributed by atoms with Gasteiger partial charge >= 0.3 is 0 Å². The third-order valence-corrected chi connectivity index (χ3v) is 2.70. The van der Waals surface area contributed by atoms with Crippen molar-refractivity contribution < 1.29 is 4.79 Å². The number of amides is 1. The van der Waals surface area contributed by atoms with Crippen LogP contribution in [0.25, 0.3) is 0 Å². The molecule has 3 N–H and O–H groups in total. The van der Waals surface area contributed by atoms with E-state index in [-0.39, 0.29) is 17.4 Å². The second kappa shape index (κ2) is 5.82. The molecule has 0 fully saturated rings. The maximum atomic E-state index is 11.6. The van der Waals surface area contributed by atoms with Crippen LogP contribution in [0.3, 0.4) is 0 Å². The fraction of sp³-hybridized carbons (Fsp3) is 0.667. The van der Waals surface area contributed by atoms with Gasteiger partial charge in [0.25, 0.3) is 0 Å². The molecule has 1 aromatic rings. The molecule has 1 heterocycles. The van der Waals surface area contributed by atoms with Crippen LogP contribution in [-0.2, 0) is 11.3 Å². The third kappa shape index (κ3) is 4.56. The van der Waals surface area contributed by atoms with Gasteiger partial charge in [-0.3, -0.25) is 4.79 Å². The minimum absolute atomic E-state index is 0.00543. The number of aromatic nitrogens is 2. The second-order valence-electron chi connectivity index (χ2n) is 5.28. The highest BCUT2D eigenvalue weighted by atomic mass is 16.1. The zero-order valence-electron chi connectivity index (χ0n) is 10.8. The van der Waals surface area contributed by atoms with Crippen molar-refractivity contribution in [3.05, 3.63) is 18.7 Å². The van der Waals surface area contributed by atoms with Crippen LogP contribution in [0.2, 0.25) is 0 Å². The van der Waals surface area contributed by atoms with Gasteiger partial charge in [0.2, 0.25) is 5.91 Å². The summed E-state index contributed by atoms with van der Waals surface area (Å²) in [6, 6.07) is 0.0655. The maximum absolute atomic E-state index is 11.6. The largest absolute Gasteiger partial charge is 0.351 e. The Morgan fingerprint density at radius 3 is 2.71 bits per heavy atom. The van der Waals surface area contributed by atoms with Crippen LogP contribution in [-0.4, -0.2) is 28.0 Å². The Morgan fingerprint density at radius 1 is 1.53 bits per heavy atom. The number of nitrogens with one attached hydrogen (secondary N) is 1. The van der Waals surface area contributed by atoms with Crippen molar-refractivity contribution in [2.45, 2.75) is 39.8 Å². The first-order valence-electron chi connectivity index (χ1n) is 5.88. The van der Waals surface area contributed by atoms with E-state index in [4.69, 9.17) is 5.73 Å². The van der Waals surface area contributed by atoms with Crippen molar-refractivity contribution in [2.75, 3.05) is 6.54 Å². The fourth-order valence-electron chi connectivity index (χ4n) is 1.54. The summed E-state index contributed by atoms with van der Waals surface area (Å²) in [6.45, 7) is 7.43. The van der Waals surface area contributed by atoms with Gasteiger partial charge in [0.05, 0.1) is 12.4 Å². The van der Waals surface area contributed by atoms with E-state index in [9.17, 15) is 4.79 Å². The molecule has 0 bridgehead atoms. The number of nitrogens with zero attached hydrogens (tertiary/aromatic N) is 2. The summed E-state index contributed by atoms with van der Waals surface area (Å²) in [4.78, 5) is 15.6. The van der Waals surface area contributed by atoms with Crippen LogP contribution in [0.4, 0.5) is 0 Å². The average molecular weight is 238 g/mol. The van der Waals surface area contributed by atoms with Gasteiger partial charge in [-0.05, 0) is 5.41 Å². The van der Waals surface area contributed by atoms with E-state index in [1.54, 1.807) is 12.5 Å². The highest BCUT2D eigenvalue weighted by Crippen LogP contribution is 2.20. The highest BCUT2D eigenvalue weighted by Gasteiger charge is 2.26. The molecule has 1 rings (SSSR count). The molecular formula is C12H22N4O. The first-order chi connectivity index (χ1) is 7.93. The minimum Gasteiger partial charge on any atom is -0.351 e. The Morgan fingerprint density at radius 2 is 2.24 bits per heavy atom. The summed E-state index contributed by atoms with van der Waals surface area (Å²) >= 11 is 0. The number of nitrogens with two attached hydrogens (primary N) is 1. The van der Waals surface area contributed by atoms with E-state index in [0.717, 1.165) is 6.54 Å². The summed E-state index contributed by atoms with van der Waals surface area (Å²) in [5.74, 6) is 0.00698. The summed E-state index contributed by atoms with van der Waals surface area (Å²) in [5.41, 5.74) is 5.37. The van der Waals surface area contributed by atoms with Crippen LogP contribution in [0.5, 0.6) is 0 Å². The van der Waals surface area contributed by atoms with Gasteiger partial charge in [0.1, 0.15) is 0 Å². The van der Waals surface area contributed by atoms with Crippen molar-refractivity contribution in [2.24, 2.45) is 11.1 Å². The lowest BCUT2D eigenvalue weighted by atomic mass is 9.86. The molecule has 1 atom stereocenters. The normalized spacial score (nSPS) is 13.4. The molecule has 1 unspecified atom stereocenters. The number of carbonyl (C=O) groups excluding carboxylic acids is 1. The summed E-state index contributed by atoms with van der Waals surface area (Å²) in [5, 5.41) is 3.03. The molecule has 0 aliphatic heterocycles. The molecule has 17 heavy (non-hydrogen) atoms. The Hall–Kier alpha value is -1.36. The van der Waals surface area contributed by atoms with Crippen LogP contribution in [0.15, 0.2) is 18.7 Å². The predicted molar refractivity (Wildman–Crippen MR) is 67.3 cm³/mol. The number of rotatable bonds is 5. The van der Waals surface area contributed by atoms with Gasteiger partial charge in [-0.15, -0.1) is 0 Å². The standard InChI is InChI=1S/C12H22N4O/c1-12(2,3)10(15-11(17)4-5-13)8-16-7-6-14-9-16/h6-7,9-10H,4-5,8,13H2,1-3H3,(H,15,17). The number of carbonyl (C=O) groups is 1. The van der Waals surface area contributed by atoms with E-state index < -0.39 is 0 Å². The lowest BCUT2D eigenvalue weighted by Gasteiger charge is -2.31. The lowest BCUT2D eigenvalue weighted by molar-refractivity contribution is -0.122. The van der Waals surface area contributed by atoms with Gasteiger partial charge in [-0.25, -0.2) is 4.98 Å². The average Bonchev–Trinajstić information content (AvgIpc) is 2.68. The van der Waals surface area contributed by atoms with Gasteiger partial charge < -0.3 is 15.6 Å². The summed E-state index contributed by atoms with van der Waals surface area (Å²) < 4.78 is 1.97. The molecule has 0 aliphatic carbocycles. The van der Waals surface area contributed by atoms with Crippen molar-refractivity contribution >= 4 is 5.91 Å². The molecule has 0 saturated carbocycles. The summed E-state index contributed by atoms with van der Waals surface area (Å²) in [7, 11) is 0. The van der Waals surface area contributed by atoms with Crippen molar-refractivity contribution in [3.8, 4) is 0 Å². The van der Waals surface area contributed by atoms with Gasteiger partial charge in [0.15, 0.2) is 0 Å². The lowest BCUT2D eigenvalue weighted by Crippen LogP contribution is -2.46. The molecular weight excluding hydrogens is 216 g/mol. The monoisotopic (exact) mass is 238 g/mol. The summed E-state index contributed by atoms with van der Waals surface area (Å²) in [6.07, 6.45) is 5.76. The van der Waals surface area contributed by atoms with E-state index in [2.05, 4.69) is 31.1 Å². The molecule has 0 aliphatic rings. The Bertz CT molecular complexity index is 340. The zero-order valence-corrected chi connectivity index (χ0v) is 10.8. The molecule has 96 valence electrons.